The van der Waals surface area contributed by atoms with Gasteiger partial charge in [-0.15, -0.1) is 0 Å². The second-order valence-corrected chi connectivity index (χ2v) is 2.31. The second-order valence-electron chi connectivity index (χ2n) is 2.31. The third-order valence-corrected chi connectivity index (χ3v) is 1.37. The molecule has 74 valence electrons. The minimum absolute atomic E-state index is 0.0550. The van der Waals surface area contributed by atoms with Gasteiger partial charge in [-0.2, -0.15) is 5.26 Å². The molecular weight excluding hydrogens is 174 g/mol. The Morgan fingerprint density at radius 3 is 2.69 bits per heavy atom. The second kappa shape index (κ2) is 7.53. The van der Waals surface area contributed by atoms with Crippen molar-refractivity contribution in [2.45, 2.75) is 18.9 Å². The number of esters is 1. The molecule has 0 aliphatic carbocycles. The van der Waals surface area contributed by atoms with Crippen molar-refractivity contribution < 1.29 is 19.0 Å². The maximum atomic E-state index is 10.7. The van der Waals surface area contributed by atoms with Gasteiger partial charge in [-0.3, -0.25) is 4.79 Å². The standard InChI is InChI=1S/C8H13NO4/c1-11-6-13-7(5-9)3-4-8(10)12-2/h7H,3-4,6H2,1-2H3. The van der Waals surface area contributed by atoms with Crippen LogP contribution in [0.5, 0.6) is 0 Å². The summed E-state index contributed by atoms with van der Waals surface area (Å²) in [7, 11) is 2.77. The highest BCUT2D eigenvalue weighted by Crippen LogP contribution is 2.02. The molecule has 0 rings (SSSR count). The molecule has 0 heterocycles. The first kappa shape index (κ1) is 11.9. The van der Waals surface area contributed by atoms with Gasteiger partial charge in [0.1, 0.15) is 12.9 Å². The summed E-state index contributed by atoms with van der Waals surface area (Å²) >= 11 is 0. The molecular formula is C8H13NO4. The SMILES string of the molecule is COCOC(C#N)CCC(=O)OC. The number of carbonyl (C=O) groups is 1. The van der Waals surface area contributed by atoms with Crippen LogP contribution in [0.4, 0.5) is 0 Å². The van der Waals surface area contributed by atoms with Crippen LogP contribution in [0.1, 0.15) is 12.8 Å². The lowest BCUT2D eigenvalue weighted by Gasteiger charge is -2.08. The van der Waals surface area contributed by atoms with E-state index in [-0.39, 0.29) is 19.2 Å². The molecule has 0 aromatic carbocycles. The third-order valence-electron chi connectivity index (χ3n) is 1.37. The van der Waals surface area contributed by atoms with E-state index < -0.39 is 6.10 Å². The summed E-state index contributed by atoms with van der Waals surface area (Å²) in [6.45, 7) is 0.0550. The summed E-state index contributed by atoms with van der Waals surface area (Å²) in [6, 6.07) is 1.91. The van der Waals surface area contributed by atoms with E-state index in [9.17, 15) is 4.79 Å². The Kier molecular flexibility index (Phi) is 6.88. The van der Waals surface area contributed by atoms with Gasteiger partial charge >= 0.3 is 5.97 Å². The Balaban J connectivity index is 3.60. The number of nitrogens with zero attached hydrogens (tertiary/aromatic N) is 1. The van der Waals surface area contributed by atoms with Crippen LogP contribution in [0.15, 0.2) is 0 Å². The number of hydrogen-bond donors (Lipinski definition) is 0. The topological polar surface area (TPSA) is 68.5 Å². The van der Waals surface area contributed by atoms with Crippen LogP contribution in [-0.2, 0) is 19.0 Å². The van der Waals surface area contributed by atoms with Crippen molar-refractivity contribution in [1.82, 2.24) is 0 Å². The van der Waals surface area contributed by atoms with Crippen molar-refractivity contribution in [1.29, 1.82) is 5.26 Å². The maximum absolute atomic E-state index is 10.7. The van der Waals surface area contributed by atoms with Gasteiger partial charge in [0.15, 0.2) is 0 Å². The van der Waals surface area contributed by atoms with Gasteiger partial charge in [-0.25, -0.2) is 0 Å². The normalized spacial score (nSPS) is 11.8. The summed E-state index contributed by atoms with van der Waals surface area (Å²) in [5, 5.41) is 8.56. The Hall–Kier alpha value is -1.12. The van der Waals surface area contributed by atoms with E-state index in [2.05, 4.69) is 9.47 Å². The van der Waals surface area contributed by atoms with Gasteiger partial charge in [0.2, 0.25) is 0 Å². The molecule has 5 heteroatoms. The fourth-order valence-corrected chi connectivity index (χ4v) is 0.686. The van der Waals surface area contributed by atoms with E-state index in [1.807, 2.05) is 6.07 Å². The lowest BCUT2D eigenvalue weighted by Crippen LogP contribution is -2.14. The van der Waals surface area contributed by atoms with Gasteiger partial charge in [-0.1, -0.05) is 0 Å². The maximum Gasteiger partial charge on any atom is 0.305 e. The van der Waals surface area contributed by atoms with Gasteiger partial charge < -0.3 is 14.2 Å². The van der Waals surface area contributed by atoms with Gasteiger partial charge in [0.05, 0.1) is 13.2 Å². The highest BCUT2D eigenvalue weighted by Gasteiger charge is 2.10. The fourth-order valence-electron chi connectivity index (χ4n) is 0.686. The monoisotopic (exact) mass is 187 g/mol. The molecule has 0 saturated heterocycles. The van der Waals surface area contributed by atoms with E-state index in [4.69, 9.17) is 10.00 Å². The molecule has 0 saturated carbocycles. The quantitative estimate of drug-likeness (QED) is 0.446. The number of rotatable bonds is 6. The molecule has 1 atom stereocenters. The molecule has 5 nitrogen and oxygen atoms in total. The molecule has 0 aliphatic heterocycles. The van der Waals surface area contributed by atoms with Crippen LogP contribution in [0.2, 0.25) is 0 Å². The lowest BCUT2D eigenvalue weighted by molar-refractivity contribution is -0.141. The zero-order valence-corrected chi connectivity index (χ0v) is 7.78. The molecule has 0 aliphatic rings. The summed E-state index contributed by atoms with van der Waals surface area (Å²) in [5.41, 5.74) is 0. The van der Waals surface area contributed by atoms with Crippen LogP contribution < -0.4 is 0 Å². The highest BCUT2D eigenvalue weighted by molar-refractivity contribution is 5.69. The first-order chi connectivity index (χ1) is 6.24. The lowest BCUT2D eigenvalue weighted by atomic mass is 10.2. The van der Waals surface area contributed by atoms with Crippen LogP contribution in [0.3, 0.4) is 0 Å². The molecule has 0 amide bonds. The summed E-state index contributed by atoms with van der Waals surface area (Å²) in [4.78, 5) is 10.7. The van der Waals surface area contributed by atoms with Crippen molar-refractivity contribution in [2.24, 2.45) is 0 Å². The third kappa shape index (κ3) is 6.08. The molecule has 0 aromatic rings. The van der Waals surface area contributed by atoms with Gasteiger partial charge in [0.25, 0.3) is 0 Å². The highest BCUT2D eigenvalue weighted by atomic mass is 16.7. The molecule has 0 bridgehead atoms. The number of carbonyl (C=O) groups excluding carboxylic acids is 1. The molecule has 0 radical (unpaired) electrons. The Morgan fingerprint density at radius 1 is 1.54 bits per heavy atom. The van der Waals surface area contributed by atoms with Crippen LogP contribution in [-0.4, -0.2) is 33.1 Å². The van der Waals surface area contributed by atoms with Crippen molar-refractivity contribution in [3.05, 3.63) is 0 Å². The fraction of sp³-hybridized carbons (Fsp3) is 0.750. The Labute approximate surface area is 77.2 Å². The van der Waals surface area contributed by atoms with Gasteiger partial charge in [-0.05, 0) is 6.42 Å². The largest absolute Gasteiger partial charge is 0.469 e. The summed E-state index contributed by atoms with van der Waals surface area (Å²) in [5.74, 6) is -0.346. The Morgan fingerprint density at radius 2 is 2.23 bits per heavy atom. The van der Waals surface area contributed by atoms with Crippen molar-refractivity contribution in [3.63, 3.8) is 0 Å². The van der Waals surface area contributed by atoms with Gasteiger partial charge in [0, 0.05) is 13.5 Å². The van der Waals surface area contributed by atoms with Crippen LogP contribution in [0.25, 0.3) is 0 Å². The minimum Gasteiger partial charge on any atom is -0.469 e. The predicted octanol–water partition coefficient (Wildman–Crippen LogP) is 0.452. The molecule has 0 aromatic heterocycles. The van der Waals surface area contributed by atoms with E-state index in [0.29, 0.717) is 6.42 Å². The minimum atomic E-state index is -0.612. The molecule has 0 spiro atoms. The average molecular weight is 187 g/mol. The Bertz CT molecular complexity index is 187. The first-order valence-corrected chi connectivity index (χ1v) is 3.81. The first-order valence-electron chi connectivity index (χ1n) is 3.81. The van der Waals surface area contributed by atoms with E-state index >= 15 is 0 Å². The van der Waals surface area contributed by atoms with Crippen molar-refractivity contribution in [2.75, 3.05) is 21.0 Å². The van der Waals surface area contributed by atoms with Crippen LogP contribution >= 0.6 is 0 Å². The predicted molar refractivity (Wildman–Crippen MR) is 43.6 cm³/mol. The van der Waals surface area contributed by atoms with E-state index in [1.54, 1.807) is 0 Å². The zero-order valence-electron chi connectivity index (χ0n) is 7.78. The molecule has 13 heavy (non-hydrogen) atoms. The number of hydrogen-bond acceptors (Lipinski definition) is 5. The average Bonchev–Trinajstić information content (AvgIpc) is 2.17. The number of nitriles is 1. The molecule has 0 fully saturated rings. The van der Waals surface area contributed by atoms with Crippen LogP contribution in [0, 0.1) is 11.3 Å². The smallest absolute Gasteiger partial charge is 0.305 e. The summed E-state index contributed by atoms with van der Waals surface area (Å²) in [6.07, 6.45) is -0.107. The van der Waals surface area contributed by atoms with Crippen molar-refractivity contribution in [3.8, 4) is 6.07 Å². The van der Waals surface area contributed by atoms with Crippen molar-refractivity contribution >= 4 is 5.97 Å². The van der Waals surface area contributed by atoms with E-state index in [1.165, 1.54) is 14.2 Å². The molecule has 0 N–H and O–H groups in total. The number of ether oxygens (including phenoxy) is 3. The summed E-state index contributed by atoms with van der Waals surface area (Å²) < 4.78 is 14.0. The zero-order chi connectivity index (χ0) is 10.1. The molecule has 1 unspecified atom stereocenters. The number of methoxy groups -OCH3 is 2. The van der Waals surface area contributed by atoms with E-state index in [0.717, 1.165) is 0 Å².